The quantitative estimate of drug-likeness (QED) is 0.392. The Morgan fingerprint density at radius 2 is 1.97 bits per heavy atom. The molecule has 0 spiro atoms. The Hall–Kier alpha value is -1.27. The smallest absolute Gasteiger partial charge is 0.192 e. The van der Waals surface area contributed by atoms with Gasteiger partial charge in [0.25, 0.3) is 0 Å². The minimum Gasteiger partial charge on any atom is -0.416 e. The molecular formula is C25H39NO3Si. The summed E-state index contributed by atoms with van der Waals surface area (Å²) in [5.74, 6) is 0.356. The maximum atomic E-state index is 12.6. The fourth-order valence-electron chi connectivity index (χ4n) is 4.81. The Morgan fingerprint density at radius 3 is 2.60 bits per heavy atom. The van der Waals surface area contributed by atoms with Gasteiger partial charge in [0.15, 0.2) is 8.32 Å². The van der Waals surface area contributed by atoms with E-state index in [9.17, 15) is 4.79 Å². The third-order valence-electron chi connectivity index (χ3n) is 7.46. The average Bonchev–Trinajstić information content (AvgIpc) is 2.83. The third kappa shape index (κ3) is 4.80. The van der Waals surface area contributed by atoms with E-state index in [0.717, 1.165) is 19.4 Å². The van der Waals surface area contributed by atoms with E-state index in [1.54, 1.807) is 0 Å². The summed E-state index contributed by atoms with van der Waals surface area (Å²) in [7, 11) is -1.79. The number of Topliss-reactive ketones (excluding diaryl/α,β-unsaturated/α-hetero) is 1. The molecule has 0 N–H and O–H groups in total. The van der Waals surface area contributed by atoms with Gasteiger partial charge in [-0.3, -0.25) is 9.69 Å². The molecule has 1 aromatic rings. The molecule has 2 bridgehead atoms. The number of hydrogen-bond acceptors (Lipinski definition) is 4. The van der Waals surface area contributed by atoms with E-state index in [1.165, 1.54) is 5.56 Å². The van der Waals surface area contributed by atoms with Gasteiger partial charge in [-0.1, -0.05) is 57.2 Å². The SMILES string of the molecule is C=CCC12CC(=O)CC(CC1OCc1ccccc1)N2CCO[Si](C)(C)C(C)(C)C. The summed E-state index contributed by atoms with van der Waals surface area (Å²) in [5.41, 5.74) is 0.889. The van der Waals surface area contributed by atoms with E-state index >= 15 is 0 Å². The topological polar surface area (TPSA) is 38.8 Å². The second kappa shape index (κ2) is 9.07. The van der Waals surface area contributed by atoms with Crippen LogP contribution in [-0.4, -0.2) is 49.8 Å². The normalized spacial score (nSPS) is 27.4. The van der Waals surface area contributed by atoms with Crippen LogP contribution in [0.15, 0.2) is 43.0 Å². The first-order valence-corrected chi connectivity index (χ1v) is 14.2. The lowest BCUT2D eigenvalue weighted by Gasteiger charge is -2.46. The van der Waals surface area contributed by atoms with Crippen molar-refractivity contribution in [2.45, 2.75) is 88.9 Å². The third-order valence-corrected chi connectivity index (χ3v) is 12.0. The summed E-state index contributed by atoms with van der Waals surface area (Å²) in [4.78, 5) is 15.1. The number of ketones is 1. The van der Waals surface area contributed by atoms with Crippen molar-refractivity contribution in [3.63, 3.8) is 0 Å². The zero-order valence-electron chi connectivity index (χ0n) is 19.4. The van der Waals surface area contributed by atoms with E-state index in [4.69, 9.17) is 9.16 Å². The first-order valence-electron chi connectivity index (χ1n) is 11.3. The summed E-state index contributed by atoms with van der Waals surface area (Å²) in [6.07, 6.45) is 4.86. The van der Waals surface area contributed by atoms with Crippen molar-refractivity contribution in [1.82, 2.24) is 4.90 Å². The van der Waals surface area contributed by atoms with Gasteiger partial charge in [0, 0.05) is 32.0 Å². The Bertz CT molecular complexity index is 743. The van der Waals surface area contributed by atoms with Crippen LogP contribution >= 0.6 is 0 Å². The highest BCUT2D eigenvalue weighted by molar-refractivity contribution is 6.74. The Labute approximate surface area is 183 Å². The number of carbonyl (C=O) groups is 1. The van der Waals surface area contributed by atoms with Gasteiger partial charge in [-0.2, -0.15) is 0 Å². The first-order chi connectivity index (χ1) is 14.1. The number of piperidine rings is 1. The van der Waals surface area contributed by atoms with Crippen molar-refractivity contribution in [1.29, 1.82) is 0 Å². The fourth-order valence-corrected chi connectivity index (χ4v) is 5.85. The van der Waals surface area contributed by atoms with E-state index in [0.29, 0.717) is 31.8 Å². The Morgan fingerprint density at radius 1 is 1.27 bits per heavy atom. The summed E-state index contributed by atoms with van der Waals surface area (Å²) < 4.78 is 12.9. The molecule has 166 valence electrons. The maximum absolute atomic E-state index is 12.6. The van der Waals surface area contributed by atoms with Crippen molar-refractivity contribution >= 4 is 14.1 Å². The number of benzene rings is 1. The summed E-state index contributed by atoms with van der Waals surface area (Å²) in [6, 6.07) is 10.5. The van der Waals surface area contributed by atoms with Crippen molar-refractivity contribution in [3.8, 4) is 0 Å². The van der Waals surface area contributed by atoms with Gasteiger partial charge in [0.1, 0.15) is 5.78 Å². The van der Waals surface area contributed by atoms with E-state index in [2.05, 4.69) is 57.5 Å². The van der Waals surface area contributed by atoms with Gasteiger partial charge in [0.05, 0.1) is 18.2 Å². The number of fused-ring (bicyclic) bond motifs is 2. The minimum atomic E-state index is -1.79. The largest absolute Gasteiger partial charge is 0.416 e. The van der Waals surface area contributed by atoms with Crippen molar-refractivity contribution in [2.75, 3.05) is 13.2 Å². The molecule has 0 amide bonds. The van der Waals surface area contributed by atoms with Crippen LogP contribution in [0.1, 0.15) is 52.0 Å². The summed E-state index contributed by atoms with van der Waals surface area (Å²) in [6.45, 7) is 17.6. The van der Waals surface area contributed by atoms with Crippen LogP contribution in [0.3, 0.4) is 0 Å². The monoisotopic (exact) mass is 429 g/mol. The highest BCUT2D eigenvalue weighted by Crippen LogP contribution is 2.47. The molecule has 4 nitrogen and oxygen atoms in total. The van der Waals surface area contributed by atoms with Crippen LogP contribution in [0.2, 0.25) is 18.1 Å². The highest BCUT2D eigenvalue weighted by atomic mass is 28.4. The molecule has 3 unspecified atom stereocenters. The van der Waals surface area contributed by atoms with E-state index in [1.807, 2.05) is 24.3 Å². The van der Waals surface area contributed by atoms with Gasteiger partial charge in [-0.05, 0) is 36.5 Å². The molecular weight excluding hydrogens is 390 g/mol. The first kappa shape index (κ1) is 23.4. The zero-order valence-corrected chi connectivity index (χ0v) is 20.4. The van der Waals surface area contributed by atoms with Gasteiger partial charge in [-0.15, -0.1) is 6.58 Å². The molecule has 30 heavy (non-hydrogen) atoms. The molecule has 2 heterocycles. The molecule has 2 aliphatic heterocycles. The standard InChI is InChI=1S/C25H39NO3Si/c1-7-13-25-18-22(27)16-21(17-23(25)28-19-20-11-9-8-10-12-20)26(25)14-15-29-30(5,6)24(2,3)4/h7-12,21,23H,1,13-19H2,2-6H3. The molecule has 0 radical (unpaired) electrons. The molecule has 0 saturated carbocycles. The predicted octanol–water partition coefficient (Wildman–Crippen LogP) is 5.35. The van der Waals surface area contributed by atoms with Crippen LogP contribution in [0.5, 0.6) is 0 Å². The number of carbonyl (C=O) groups excluding carboxylic acids is 1. The van der Waals surface area contributed by atoms with Crippen LogP contribution in [0, 0.1) is 0 Å². The number of ether oxygens (including phenoxy) is 1. The lowest BCUT2D eigenvalue weighted by molar-refractivity contribution is -0.131. The second-order valence-electron chi connectivity index (χ2n) is 10.5. The molecule has 2 saturated heterocycles. The van der Waals surface area contributed by atoms with E-state index < -0.39 is 8.32 Å². The van der Waals surface area contributed by atoms with Crippen LogP contribution in [0.4, 0.5) is 0 Å². The molecule has 0 aromatic heterocycles. The maximum Gasteiger partial charge on any atom is 0.192 e. The molecule has 5 heteroatoms. The summed E-state index contributed by atoms with van der Waals surface area (Å²) >= 11 is 0. The van der Waals surface area contributed by atoms with Gasteiger partial charge >= 0.3 is 0 Å². The lowest BCUT2D eigenvalue weighted by atomic mass is 9.82. The molecule has 0 aliphatic carbocycles. The highest BCUT2D eigenvalue weighted by Gasteiger charge is 2.57. The van der Waals surface area contributed by atoms with Crippen molar-refractivity contribution in [3.05, 3.63) is 48.6 Å². The van der Waals surface area contributed by atoms with Gasteiger partial charge in [-0.25, -0.2) is 0 Å². The van der Waals surface area contributed by atoms with Crippen LogP contribution in [0.25, 0.3) is 0 Å². The lowest BCUT2D eigenvalue weighted by Crippen LogP contribution is -2.58. The number of hydrogen-bond donors (Lipinski definition) is 0. The van der Waals surface area contributed by atoms with Crippen molar-refractivity contribution < 1.29 is 14.0 Å². The van der Waals surface area contributed by atoms with Crippen molar-refractivity contribution in [2.24, 2.45) is 0 Å². The predicted molar refractivity (Wildman–Crippen MR) is 125 cm³/mol. The number of rotatable bonds is 9. The molecule has 1 aromatic carbocycles. The fraction of sp³-hybridized carbons (Fsp3) is 0.640. The van der Waals surface area contributed by atoms with E-state index in [-0.39, 0.29) is 22.7 Å². The molecule has 3 rings (SSSR count). The Balaban J connectivity index is 1.73. The molecule has 2 aliphatic rings. The van der Waals surface area contributed by atoms with Crippen LogP contribution in [-0.2, 0) is 20.6 Å². The molecule has 2 fully saturated rings. The minimum absolute atomic E-state index is 0.0417. The zero-order chi connectivity index (χ0) is 22.0. The Kier molecular flexibility index (Phi) is 7.07. The molecule has 3 atom stereocenters. The average molecular weight is 430 g/mol. The number of nitrogens with zero attached hydrogens (tertiary/aromatic N) is 1. The van der Waals surface area contributed by atoms with Gasteiger partial charge < -0.3 is 9.16 Å². The van der Waals surface area contributed by atoms with Crippen LogP contribution < -0.4 is 0 Å². The second-order valence-corrected chi connectivity index (χ2v) is 15.3. The summed E-state index contributed by atoms with van der Waals surface area (Å²) in [5, 5.41) is 0.198. The van der Waals surface area contributed by atoms with Gasteiger partial charge in [0.2, 0.25) is 0 Å².